The summed E-state index contributed by atoms with van der Waals surface area (Å²) in [5, 5.41) is 8.80. The van der Waals surface area contributed by atoms with Crippen LogP contribution in [0, 0.1) is 5.92 Å². The first kappa shape index (κ1) is 11.2. The molecule has 1 aliphatic heterocycles. The van der Waals surface area contributed by atoms with Gasteiger partial charge in [-0.15, -0.1) is 0 Å². The van der Waals surface area contributed by atoms with E-state index in [9.17, 15) is 4.79 Å². The molecule has 16 heavy (non-hydrogen) atoms. The molecule has 2 rings (SSSR count). The van der Waals surface area contributed by atoms with Gasteiger partial charge in [-0.1, -0.05) is 0 Å². The number of rotatable bonds is 5. The quantitative estimate of drug-likeness (QED) is 0.824. The molecule has 2 heterocycles. The number of ether oxygens (including phenoxy) is 2. The summed E-state index contributed by atoms with van der Waals surface area (Å²) in [6, 6.07) is 1.62. The van der Waals surface area contributed by atoms with Crippen molar-refractivity contribution in [1.82, 2.24) is 0 Å². The van der Waals surface area contributed by atoms with Crippen molar-refractivity contribution >= 4 is 5.97 Å². The van der Waals surface area contributed by atoms with Crippen molar-refractivity contribution < 1.29 is 23.8 Å². The first-order chi connectivity index (χ1) is 7.77. The van der Waals surface area contributed by atoms with Crippen LogP contribution in [0.25, 0.3) is 0 Å². The van der Waals surface area contributed by atoms with E-state index in [1.54, 1.807) is 6.07 Å². The van der Waals surface area contributed by atoms with E-state index in [1.807, 2.05) is 0 Å². The van der Waals surface area contributed by atoms with Crippen molar-refractivity contribution in [3.8, 4) is 0 Å². The molecule has 1 aliphatic rings. The molecule has 0 amide bonds. The topological polar surface area (TPSA) is 68.9 Å². The highest BCUT2D eigenvalue weighted by molar-refractivity contribution is 5.85. The summed E-state index contributed by atoms with van der Waals surface area (Å²) in [7, 11) is 0. The molecule has 1 aromatic heterocycles. The molecule has 0 bridgehead atoms. The smallest absolute Gasteiger partial charge is 0.372 e. The van der Waals surface area contributed by atoms with Crippen LogP contribution in [0.1, 0.15) is 22.5 Å². The van der Waals surface area contributed by atoms with Gasteiger partial charge in [-0.25, -0.2) is 4.79 Å². The minimum absolute atomic E-state index is 0.0392. The minimum atomic E-state index is -1.06. The molecule has 0 radical (unpaired) electrons. The van der Waals surface area contributed by atoms with E-state index in [1.165, 1.54) is 6.26 Å². The van der Waals surface area contributed by atoms with Crippen LogP contribution in [-0.2, 0) is 16.1 Å². The van der Waals surface area contributed by atoms with Gasteiger partial charge in [0.2, 0.25) is 5.76 Å². The molecular formula is C11H14O5. The fourth-order valence-electron chi connectivity index (χ4n) is 1.69. The van der Waals surface area contributed by atoms with Crippen molar-refractivity contribution in [2.75, 3.05) is 19.8 Å². The van der Waals surface area contributed by atoms with E-state index < -0.39 is 5.97 Å². The fraction of sp³-hybridized carbons (Fsp3) is 0.545. The molecule has 0 spiro atoms. The van der Waals surface area contributed by atoms with Crippen molar-refractivity contribution in [3.05, 3.63) is 23.7 Å². The zero-order valence-electron chi connectivity index (χ0n) is 8.85. The summed E-state index contributed by atoms with van der Waals surface area (Å²) in [6.45, 7) is 2.40. The zero-order chi connectivity index (χ0) is 11.4. The number of aromatic carboxylic acids is 1. The van der Waals surface area contributed by atoms with Gasteiger partial charge in [-0.3, -0.25) is 0 Å². The van der Waals surface area contributed by atoms with Gasteiger partial charge in [0.15, 0.2) is 0 Å². The zero-order valence-corrected chi connectivity index (χ0v) is 8.85. The highest BCUT2D eigenvalue weighted by Crippen LogP contribution is 2.15. The van der Waals surface area contributed by atoms with Gasteiger partial charge in [-0.2, -0.15) is 0 Å². The van der Waals surface area contributed by atoms with Gasteiger partial charge in [0.05, 0.1) is 26.1 Å². The maximum atomic E-state index is 10.7. The highest BCUT2D eigenvalue weighted by atomic mass is 16.5. The Morgan fingerprint density at radius 2 is 2.50 bits per heavy atom. The minimum Gasteiger partial charge on any atom is -0.475 e. The predicted molar refractivity (Wildman–Crippen MR) is 54.2 cm³/mol. The van der Waals surface area contributed by atoms with Crippen LogP contribution in [0.2, 0.25) is 0 Å². The van der Waals surface area contributed by atoms with Gasteiger partial charge in [0.1, 0.15) is 0 Å². The SMILES string of the molecule is O=C(O)c1occc1COCC1CCOC1. The Labute approximate surface area is 93.0 Å². The monoisotopic (exact) mass is 226 g/mol. The molecule has 0 saturated carbocycles. The van der Waals surface area contributed by atoms with E-state index >= 15 is 0 Å². The first-order valence-electron chi connectivity index (χ1n) is 5.22. The summed E-state index contributed by atoms with van der Waals surface area (Å²) in [5.74, 6) is -0.671. The molecule has 88 valence electrons. The van der Waals surface area contributed by atoms with E-state index in [4.69, 9.17) is 19.0 Å². The second-order valence-electron chi connectivity index (χ2n) is 3.82. The Balaban J connectivity index is 1.80. The summed E-state index contributed by atoms with van der Waals surface area (Å²) in [4.78, 5) is 10.7. The van der Waals surface area contributed by atoms with Crippen LogP contribution < -0.4 is 0 Å². The van der Waals surface area contributed by atoms with E-state index in [-0.39, 0.29) is 12.4 Å². The Morgan fingerprint density at radius 3 is 3.19 bits per heavy atom. The molecule has 1 saturated heterocycles. The third kappa shape index (κ3) is 2.62. The molecule has 1 unspecified atom stereocenters. The molecular weight excluding hydrogens is 212 g/mol. The van der Waals surface area contributed by atoms with Crippen molar-refractivity contribution in [2.24, 2.45) is 5.92 Å². The molecule has 1 fully saturated rings. The van der Waals surface area contributed by atoms with Crippen LogP contribution in [0.15, 0.2) is 16.7 Å². The third-order valence-electron chi connectivity index (χ3n) is 2.58. The van der Waals surface area contributed by atoms with E-state index in [0.29, 0.717) is 18.1 Å². The molecule has 1 N–H and O–H groups in total. The maximum Gasteiger partial charge on any atom is 0.372 e. The van der Waals surface area contributed by atoms with Crippen LogP contribution in [0.3, 0.4) is 0 Å². The second kappa shape index (κ2) is 5.14. The second-order valence-corrected chi connectivity index (χ2v) is 3.82. The van der Waals surface area contributed by atoms with Crippen LogP contribution in [0.4, 0.5) is 0 Å². The summed E-state index contributed by atoms with van der Waals surface area (Å²) in [6.07, 6.45) is 2.37. The standard InChI is InChI=1S/C11H14O5/c12-11(13)10-9(2-4-16-10)7-15-6-8-1-3-14-5-8/h2,4,8H,1,3,5-7H2,(H,12,13). The number of carboxylic acids is 1. The van der Waals surface area contributed by atoms with Crippen LogP contribution >= 0.6 is 0 Å². The van der Waals surface area contributed by atoms with Gasteiger partial charge in [-0.05, 0) is 12.5 Å². The Bertz CT molecular complexity index is 351. The first-order valence-corrected chi connectivity index (χ1v) is 5.22. The van der Waals surface area contributed by atoms with Crippen molar-refractivity contribution in [3.63, 3.8) is 0 Å². The van der Waals surface area contributed by atoms with Gasteiger partial charge in [0.25, 0.3) is 0 Å². The normalized spacial score (nSPS) is 20.1. The lowest BCUT2D eigenvalue weighted by atomic mass is 10.1. The number of hydrogen-bond acceptors (Lipinski definition) is 4. The number of furan rings is 1. The average Bonchev–Trinajstić information content (AvgIpc) is 2.87. The number of carboxylic acid groups (broad SMARTS) is 1. The lowest BCUT2D eigenvalue weighted by Gasteiger charge is -2.07. The fourth-order valence-corrected chi connectivity index (χ4v) is 1.69. The van der Waals surface area contributed by atoms with Gasteiger partial charge < -0.3 is 19.0 Å². The molecule has 0 aromatic carbocycles. The van der Waals surface area contributed by atoms with Gasteiger partial charge in [0, 0.05) is 18.1 Å². The number of hydrogen-bond donors (Lipinski definition) is 1. The lowest BCUT2D eigenvalue weighted by Crippen LogP contribution is -2.10. The van der Waals surface area contributed by atoms with Crippen LogP contribution in [0.5, 0.6) is 0 Å². The highest BCUT2D eigenvalue weighted by Gasteiger charge is 2.17. The van der Waals surface area contributed by atoms with E-state index in [0.717, 1.165) is 19.6 Å². The van der Waals surface area contributed by atoms with E-state index in [2.05, 4.69) is 0 Å². The largest absolute Gasteiger partial charge is 0.475 e. The number of carbonyl (C=O) groups is 1. The van der Waals surface area contributed by atoms with Crippen molar-refractivity contribution in [2.45, 2.75) is 13.0 Å². The lowest BCUT2D eigenvalue weighted by molar-refractivity contribution is 0.0629. The van der Waals surface area contributed by atoms with Crippen LogP contribution in [-0.4, -0.2) is 30.9 Å². The Hall–Kier alpha value is -1.33. The van der Waals surface area contributed by atoms with Gasteiger partial charge >= 0.3 is 5.97 Å². The summed E-state index contributed by atoms with van der Waals surface area (Å²) >= 11 is 0. The predicted octanol–water partition coefficient (Wildman–Crippen LogP) is 1.53. The molecule has 0 aliphatic carbocycles. The maximum absolute atomic E-state index is 10.7. The van der Waals surface area contributed by atoms with Crippen molar-refractivity contribution in [1.29, 1.82) is 0 Å². The summed E-state index contributed by atoms with van der Waals surface area (Å²) in [5.41, 5.74) is 0.575. The average molecular weight is 226 g/mol. The molecule has 1 atom stereocenters. The molecule has 5 nitrogen and oxygen atoms in total. The Morgan fingerprint density at radius 1 is 1.62 bits per heavy atom. The Kier molecular flexibility index (Phi) is 3.58. The third-order valence-corrected chi connectivity index (χ3v) is 2.58. The molecule has 5 heteroatoms. The molecule has 1 aromatic rings. The summed E-state index contributed by atoms with van der Waals surface area (Å²) < 4.78 is 15.5.